The lowest BCUT2D eigenvalue weighted by Crippen LogP contribution is -2.43. The lowest BCUT2D eigenvalue weighted by atomic mass is 9.80. The van der Waals surface area contributed by atoms with Gasteiger partial charge in [-0.15, -0.1) is 0 Å². The summed E-state index contributed by atoms with van der Waals surface area (Å²) < 4.78 is 18.8. The standard InChI is InChI=1S/C16H15ClFNO/c17-14-9-12(18)6-5-11(14)10-16(19)7-8-20-15-4-2-1-3-13(15)16/h1-6,9H,7-8,10,19H2. The van der Waals surface area contributed by atoms with Gasteiger partial charge in [0.2, 0.25) is 0 Å². The van der Waals surface area contributed by atoms with Gasteiger partial charge in [0.1, 0.15) is 11.6 Å². The van der Waals surface area contributed by atoms with E-state index in [-0.39, 0.29) is 5.82 Å². The Labute approximate surface area is 122 Å². The van der Waals surface area contributed by atoms with Crippen LogP contribution in [0.3, 0.4) is 0 Å². The van der Waals surface area contributed by atoms with E-state index in [4.69, 9.17) is 22.1 Å². The summed E-state index contributed by atoms with van der Waals surface area (Å²) in [4.78, 5) is 0. The molecular formula is C16H15ClFNO. The molecule has 1 heterocycles. The zero-order chi connectivity index (χ0) is 14.2. The summed E-state index contributed by atoms with van der Waals surface area (Å²) in [5.41, 5.74) is 7.88. The fourth-order valence-electron chi connectivity index (χ4n) is 2.67. The zero-order valence-corrected chi connectivity index (χ0v) is 11.7. The Morgan fingerprint density at radius 1 is 1.25 bits per heavy atom. The van der Waals surface area contributed by atoms with Crippen molar-refractivity contribution in [3.8, 4) is 5.75 Å². The number of fused-ring (bicyclic) bond motifs is 1. The maximum absolute atomic E-state index is 13.1. The lowest BCUT2D eigenvalue weighted by molar-refractivity contribution is 0.215. The van der Waals surface area contributed by atoms with Crippen LogP contribution in [-0.4, -0.2) is 6.61 Å². The molecule has 4 heteroatoms. The van der Waals surface area contributed by atoms with Crippen LogP contribution in [0, 0.1) is 5.82 Å². The van der Waals surface area contributed by atoms with Crippen molar-refractivity contribution >= 4 is 11.6 Å². The van der Waals surface area contributed by atoms with Gasteiger partial charge < -0.3 is 10.5 Å². The molecule has 0 saturated carbocycles. The molecule has 3 rings (SSSR count). The number of hydrogen-bond acceptors (Lipinski definition) is 2. The summed E-state index contributed by atoms with van der Waals surface area (Å²) in [6.07, 6.45) is 1.27. The molecule has 2 N–H and O–H groups in total. The molecule has 20 heavy (non-hydrogen) atoms. The molecule has 104 valence electrons. The highest BCUT2D eigenvalue weighted by Gasteiger charge is 2.34. The first kappa shape index (κ1) is 13.4. The Bertz CT molecular complexity index is 646. The first-order chi connectivity index (χ1) is 9.58. The topological polar surface area (TPSA) is 35.2 Å². The van der Waals surface area contributed by atoms with E-state index in [1.54, 1.807) is 6.07 Å². The van der Waals surface area contributed by atoms with Gasteiger partial charge in [0.25, 0.3) is 0 Å². The lowest BCUT2D eigenvalue weighted by Gasteiger charge is -2.36. The molecule has 0 bridgehead atoms. The normalized spacial score (nSPS) is 21.1. The largest absolute Gasteiger partial charge is 0.493 e. The molecule has 0 spiro atoms. The summed E-state index contributed by atoms with van der Waals surface area (Å²) in [5.74, 6) is 0.483. The minimum Gasteiger partial charge on any atom is -0.493 e. The Morgan fingerprint density at radius 2 is 2.05 bits per heavy atom. The Balaban J connectivity index is 1.98. The SMILES string of the molecule is NC1(Cc2ccc(F)cc2Cl)CCOc2ccccc21. The average molecular weight is 292 g/mol. The molecule has 0 aromatic heterocycles. The summed E-state index contributed by atoms with van der Waals surface area (Å²) >= 11 is 6.11. The Morgan fingerprint density at radius 3 is 2.85 bits per heavy atom. The van der Waals surface area contributed by atoms with Gasteiger partial charge in [0.05, 0.1) is 12.1 Å². The fourth-order valence-corrected chi connectivity index (χ4v) is 2.90. The smallest absolute Gasteiger partial charge is 0.124 e. The van der Waals surface area contributed by atoms with Crippen molar-refractivity contribution in [2.75, 3.05) is 6.61 Å². The summed E-state index contributed by atoms with van der Waals surface area (Å²) in [5, 5.41) is 0.416. The van der Waals surface area contributed by atoms with Crippen LogP contribution in [0.1, 0.15) is 17.5 Å². The molecule has 0 fully saturated rings. The quantitative estimate of drug-likeness (QED) is 0.916. The number of hydrogen-bond donors (Lipinski definition) is 1. The highest BCUT2D eigenvalue weighted by atomic mass is 35.5. The molecule has 1 aliphatic rings. The van der Waals surface area contributed by atoms with E-state index in [1.807, 2.05) is 24.3 Å². The van der Waals surface area contributed by atoms with E-state index in [0.29, 0.717) is 24.5 Å². The monoisotopic (exact) mass is 291 g/mol. The van der Waals surface area contributed by atoms with Gasteiger partial charge in [-0.2, -0.15) is 0 Å². The van der Waals surface area contributed by atoms with Gasteiger partial charge >= 0.3 is 0 Å². The van der Waals surface area contributed by atoms with Crippen molar-refractivity contribution in [2.24, 2.45) is 5.73 Å². The van der Waals surface area contributed by atoms with Crippen LogP contribution in [0.15, 0.2) is 42.5 Å². The van der Waals surface area contributed by atoms with Crippen LogP contribution in [0.2, 0.25) is 5.02 Å². The number of ether oxygens (including phenoxy) is 1. The van der Waals surface area contributed by atoms with Crippen LogP contribution in [0.25, 0.3) is 0 Å². The van der Waals surface area contributed by atoms with Crippen molar-refractivity contribution in [1.82, 2.24) is 0 Å². The Kier molecular flexibility index (Phi) is 3.40. The van der Waals surface area contributed by atoms with Crippen molar-refractivity contribution in [3.63, 3.8) is 0 Å². The molecule has 2 nitrogen and oxygen atoms in total. The summed E-state index contributed by atoms with van der Waals surface area (Å²) in [6.45, 7) is 0.576. The maximum Gasteiger partial charge on any atom is 0.124 e. The van der Waals surface area contributed by atoms with Gasteiger partial charge in [0.15, 0.2) is 0 Å². The zero-order valence-electron chi connectivity index (χ0n) is 10.9. The van der Waals surface area contributed by atoms with Crippen LogP contribution in [0.4, 0.5) is 4.39 Å². The molecule has 1 aliphatic heterocycles. The van der Waals surface area contributed by atoms with Gasteiger partial charge in [-0.3, -0.25) is 0 Å². The molecule has 0 amide bonds. The number of rotatable bonds is 2. The highest BCUT2D eigenvalue weighted by Crippen LogP contribution is 2.38. The van der Waals surface area contributed by atoms with Gasteiger partial charge in [0, 0.05) is 17.0 Å². The molecule has 0 aliphatic carbocycles. The number of para-hydroxylation sites is 1. The van der Waals surface area contributed by atoms with Crippen LogP contribution >= 0.6 is 11.6 Å². The highest BCUT2D eigenvalue weighted by molar-refractivity contribution is 6.31. The van der Waals surface area contributed by atoms with E-state index in [2.05, 4.69) is 0 Å². The first-order valence-electron chi connectivity index (χ1n) is 6.54. The van der Waals surface area contributed by atoms with E-state index in [1.165, 1.54) is 12.1 Å². The molecule has 2 aromatic rings. The maximum atomic E-state index is 13.1. The second-order valence-electron chi connectivity index (χ2n) is 5.16. The van der Waals surface area contributed by atoms with Gasteiger partial charge in [-0.25, -0.2) is 4.39 Å². The van der Waals surface area contributed by atoms with Crippen LogP contribution < -0.4 is 10.5 Å². The van der Waals surface area contributed by atoms with E-state index < -0.39 is 5.54 Å². The molecule has 1 unspecified atom stereocenters. The van der Waals surface area contributed by atoms with Crippen molar-refractivity contribution in [1.29, 1.82) is 0 Å². The van der Waals surface area contributed by atoms with Crippen molar-refractivity contribution < 1.29 is 9.13 Å². The predicted molar refractivity (Wildman–Crippen MR) is 77.5 cm³/mol. The van der Waals surface area contributed by atoms with E-state index >= 15 is 0 Å². The van der Waals surface area contributed by atoms with E-state index in [9.17, 15) is 4.39 Å². The first-order valence-corrected chi connectivity index (χ1v) is 6.91. The third-order valence-corrected chi connectivity index (χ3v) is 4.10. The molecule has 0 radical (unpaired) electrons. The molecule has 1 atom stereocenters. The third kappa shape index (κ3) is 2.39. The minimum atomic E-state index is -0.531. The number of halogens is 2. The predicted octanol–water partition coefficient (Wildman–Crippen LogP) is 3.66. The second-order valence-corrected chi connectivity index (χ2v) is 5.57. The molecular weight excluding hydrogens is 277 g/mol. The number of benzene rings is 2. The molecule has 2 aromatic carbocycles. The van der Waals surface area contributed by atoms with Gasteiger partial charge in [-0.1, -0.05) is 35.9 Å². The average Bonchev–Trinajstić information content (AvgIpc) is 2.43. The number of nitrogens with two attached hydrogens (primary N) is 1. The van der Waals surface area contributed by atoms with Crippen LogP contribution in [0.5, 0.6) is 5.75 Å². The van der Waals surface area contributed by atoms with Gasteiger partial charge in [-0.05, 0) is 30.2 Å². The van der Waals surface area contributed by atoms with Crippen LogP contribution in [-0.2, 0) is 12.0 Å². The molecule has 0 saturated heterocycles. The van der Waals surface area contributed by atoms with E-state index in [0.717, 1.165) is 16.9 Å². The second kappa shape index (κ2) is 5.08. The Hall–Kier alpha value is -1.58. The third-order valence-electron chi connectivity index (χ3n) is 3.75. The minimum absolute atomic E-state index is 0.336. The fraction of sp³-hybridized carbons (Fsp3) is 0.250. The van der Waals surface area contributed by atoms with Crippen molar-refractivity contribution in [2.45, 2.75) is 18.4 Å². The summed E-state index contributed by atoms with van der Waals surface area (Å²) in [7, 11) is 0. The summed E-state index contributed by atoms with van der Waals surface area (Å²) in [6, 6.07) is 12.2. The van der Waals surface area contributed by atoms with Crippen molar-refractivity contribution in [3.05, 3.63) is 64.4 Å².